The number of ether oxygens (including phenoxy) is 1. The summed E-state index contributed by atoms with van der Waals surface area (Å²) in [6.45, 7) is 2.52. The summed E-state index contributed by atoms with van der Waals surface area (Å²) in [6, 6.07) is 1.65. The van der Waals surface area contributed by atoms with Crippen LogP contribution in [0.1, 0.15) is 32.6 Å². The highest BCUT2D eigenvalue weighted by atomic mass is 16.5. The van der Waals surface area contributed by atoms with Crippen LogP contribution in [-0.4, -0.2) is 34.7 Å². The van der Waals surface area contributed by atoms with Crippen LogP contribution >= 0.6 is 0 Å². The Hall–Kier alpha value is -1.85. The van der Waals surface area contributed by atoms with Crippen molar-refractivity contribution in [1.82, 2.24) is 9.97 Å². The smallest absolute Gasteiger partial charge is 0.311 e. The molecule has 110 valence electrons. The molecule has 0 atom stereocenters. The van der Waals surface area contributed by atoms with Gasteiger partial charge in [-0.1, -0.05) is 6.92 Å². The number of hydrogen-bond donors (Lipinski definition) is 2. The van der Waals surface area contributed by atoms with E-state index in [2.05, 4.69) is 22.2 Å². The molecule has 1 saturated carbocycles. The molecule has 0 spiro atoms. The van der Waals surface area contributed by atoms with Gasteiger partial charge in [0.15, 0.2) is 0 Å². The summed E-state index contributed by atoms with van der Waals surface area (Å²) < 4.78 is 5.03. The van der Waals surface area contributed by atoms with Gasteiger partial charge in [-0.2, -0.15) is 4.98 Å². The van der Waals surface area contributed by atoms with Gasteiger partial charge < -0.3 is 15.2 Å². The van der Waals surface area contributed by atoms with E-state index in [1.165, 1.54) is 7.11 Å². The molecule has 6 nitrogen and oxygen atoms in total. The first-order valence-corrected chi connectivity index (χ1v) is 6.90. The second-order valence-electron chi connectivity index (χ2n) is 5.54. The van der Waals surface area contributed by atoms with E-state index in [9.17, 15) is 9.90 Å². The highest BCUT2D eigenvalue weighted by Crippen LogP contribution is 2.39. The first-order valence-electron chi connectivity index (χ1n) is 6.90. The van der Waals surface area contributed by atoms with Crippen LogP contribution in [0.5, 0.6) is 5.88 Å². The van der Waals surface area contributed by atoms with Crippen molar-refractivity contribution in [2.24, 2.45) is 11.3 Å². The number of hydrogen-bond acceptors (Lipinski definition) is 5. The van der Waals surface area contributed by atoms with Gasteiger partial charge in [0.05, 0.1) is 12.5 Å². The van der Waals surface area contributed by atoms with E-state index in [0.29, 0.717) is 37.1 Å². The molecule has 0 aromatic carbocycles. The third-order valence-electron chi connectivity index (χ3n) is 4.11. The molecule has 1 heterocycles. The molecule has 0 bridgehead atoms. The monoisotopic (exact) mass is 279 g/mol. The Bertz CT molecular complexity index is 470. The minimum Gasteiger partial charge on any atom is -0.481 e. The Balaban J connectivity index is 2.04. The second kappa shape index (κ2) is 6.07. The van der Waals surface area contributed by atoms with Gasteiger partial charge in [-0.05, 0) is 31.6 Å². The lowest BCUT2D eigenvalue weighted by molar-refractivity contribution is -0.150. The van der Waals surface area contributed by atoms with Crippen LogP contribution in [0.25, 0.3) is 0 Å². The first kappa shape index (κ1) is 14.6. The van der Waals surface area contributed by atoms with E-state index in [1.54, 1.807) is 12.3 Å². The first-order chi connectivity index (χ1) is 9.55. The molecule has 1 aromatic heterocycles. The maximum Gasteiger partial charge on any atom is 0.311 e. The maximum atomic E-state index is 11.6. The van der Waals surface area contributed by atoms with Gasteiger partial charge in [0, 0.05) is 18.8 Å². The molecule has 20 heavy (non-hydrogen) atoms. The molecule has 2 rings (SSSR count). The molecular formula is C14H21N3O3. The third-order valence-corrected chi connectivity index (χ3v) is 4.11. The molecule has 0 saturated heterocycles. The predicted octanol–water partition coefficient (Wildman–Crippen LogP) is 2.18. The van der Waals surface area contributed by atoms with Gasteiger partial charge in [0.25, 0.3) is 0 Å². The zero-order valence-electron chi connectivity index (χ0n) is 11.9. The van der Waals surface area contributed by atoms with Crippen LogP contribution in [-0.2, 0) is 4.79 Å². The SMILES string of the molecule is COc1ccnc(NCC2(C(=O)O)CCC(C)CC2)n1. The lowest BCUT2D eigenvalue weighted by atomic mass is 9.71. The van der Waals surface area contributed by atoms with Crippen LogP contribution in [0.4, 0.5) is 5.95 Å². The highest BCUT2D eigenvalue weighted by Gasteiger charge is 2.41. The van der Waals surface area contributed by atoms with E-state index in [4.69, 9.17) is 4.74 Å². The topological polar surface area (TPSA) is 84.3 Å². The van der Waals surface area contributed by atoms with Gasteiger partial charge in [-0.15, -0.1) is 0 Å². The van der Waals surface area contributed by atoms with Crippen molar-refractivity contribution >= 4 is 11.9 Å². The number of carbonyl (C=O) groups is 1. The zero-order chi connectivity index (χ0) is 14.6. The molecule has 6 heteroatoms. The van der Waals surface area contributed by atoms with Crippen molar-refractivity contribution in [2.75, 3.05) is 19.0 Å². The lowest BCUT2D eigenvalue weighted by Crippen LogP contribution is -2.41. The van der Waals surface area contributed by atoms with Crippen molar-refractivity contribution in [3.8, 4) is 5.88 Å². The molecule has 0 amide bonds. The molecule has 0 unspecified atom stereocenters. The lowest BCUT2D eigenvalue weighted by Gasteiger charge is -2.35. The van der Waals surface area contributed by atoms with Gasteiger partial charge in [0.2, 0.25) is 11.8 Å². The van der Waals surface area contributed by atoms with E-state index in [1.807, 2.05) is 0 Å². The van der Waals surface area contributed by atoms with E-state index in [0.717, 1.165) is 12.8 Å². The van der Waals surface area contributed by atoms with Crippen LogP contribution in [0.3, 0.4) is 0 Å². The Morgan fingerprint density at radius 3 is 2.85 bits per heavy atom. The fourth-order valence-corrected chi connectivity index (χ4v) is 2.57. The van der Waals surface area contributed by atoms with E-state index in [-0.39, 0.29) is 0 Å². The number of anilines is 1. The van der Waals surface area contributed by atoms with Gasteiger partial charge >= 0.3 is 5.97 Å². The Kier molecular flexibility index (Phi) is 4.42. The van der Waals surface area contributed by atoms with Gasteiger partial charge in [-0.3, -0.25) is 4.79 Å². The van der Waals surface area contributed by atoms with Crippen molar-refractivity contribution in [2.45, 2.75) is 32.6 Å². The highest BCUT2D eigenvalue weighted by molar-refractivity contribution is 5.75. The number of nitrogens with zero attached hydrogens (tertiary/aromatic N) is 2. The number of rotatable bonds is 5. The van der Waals surface area contributed by atoms with Crippen LogP contribution < -0.4 is 10.1 Å². The van der Waals surface area contributed by atoms with Gasteiger partial charge in [0.1, 0.15) is 0 Å². The summed E-state index contributed by atoms with van der Waals surface area (Å²) in [5.41, 5.74) is -0.709. The minimum absolute atomic E-state index is 0.349. The Morgan fingerprint density at radius 2 is 2.25 bits per heavy atom. The van der Waals surface area contributed by atoms with Crippen molar-refractivity contribution in [1.29, 1.82) is 0 Å². The summed E-state index contributed by atoms with van der Waals surface area (Å²) in [7, 11) is 1.54. The fraction of sp³-hybridized carbons (Fsp3) is 0.643. The largest absolute Gasteiger partial charge is 0.481 e. The number of aliphatic carboxylic acids is 1. The van der Waals surface area contributed by atoms with Crippen molar-refractivity contribution < 1.29 is 14.6 Å². The minimum atomic E-state index is -0.736. The number of carboxylic acids is 1. The van der Waals surface area contributed by atoms with Gasteiger partial charge in [-0.25, -0.2) is 4.98 Å². The number of nitrogens with one attached hydrogen (secondary N) is 1. The standard InChI is InChI=1S/C14H21N3O3/c1-10-3-6-14(7-4-10,12(18)19)9-16-13-15-8-5-11(17-13)20-2/h5,8,10H,3-4,6-7,9H2,1-2H3,(H,18,19)(H,15,16,17). The molecule has 0 aliphatic heterocycles. The third kappa shape index (κ3) is 3.18. The average molecular weight is 279 g/mol. The van der Waals surface area contributed by atoms with Crippen LogP contribution in [0, 0.1) is 11.3 Å². The molecule has 0 radical (unpaired) electrons. The number of methoxy groups -OCH3 is 1. The van der Waals surface area contributed by atoms with Crippen LogP contribution in [0.2, 0.25) is 0 Å². The Labute approximate surface area is 118 Å². The average Bonchev–Trinajstić information content (AvgIpc) is 2.47. The molecule has 1 aliphatic rings. The molecule has 1 aliphatic carbocycles. The molecule has 1 aromatic rings. The van der Waals surface area contributed by atoms with E-state index >= 15 is 0 Å². The Morgan fingerprint density at radius 1 is 1.55 bits per heavy atom. The summed E-state index contributed by atoms with van der Waals surface area (Å²) in [5, 5.41) is 12.6. The maximum absolute atomic E-state index is 11.6. The quantitative estimate of drug-likeness (QED) is 0.859. The predicted molar refractivity (Wildman–Crippen MR) is 74.8 cm³/mol. The fourth-order valence-electron chi connectivity index (χ4n) is 2.57. The molecule has 2 N–H and O–H groups in total. The summed E-state index contributed by atoms with van der Waals surface area (Å²) in [5.74, 6) is 0.739. The van der Waals surface area contributed by atoms with Crippen molar-refractivity contribution in [3.05, 3.63) is 12.3 Å². The number of aromatic nitrogens is 2. The normalized spacial score (nSPS) is 26.0. The van der Waals surface area contributed by atoms with Crippen molar-refractivity contribution in [3.63, 3.8) is 0 Å². The zero-order valence-corrected chi connectivity index (χ0v) is 11.9. The summed E-state index contributed by atoms with van der Waals surface area (Å²) in [6.07, 6.45) is 4.88. The second-order valence-corrected chi connectivity index (χ2v) is 5.54. The molecule has 1 fully saturated rings. The van der Waals surface area contributed by atoms with E-state index < -0.39 is 11.4 Å². The summed E-state index contributed by atoms with van der Waals surface area (Å²) >= 11 is 0. The summed E-state index contributed by atoms with van der Waals surface area (Å²) in [4.78, 5) is 19.8. The van der Waals surface area contributed by atoms with Crippen LogP contribution in [0.15, 0.2) is 12.3 Å². The molecular weight excluding hydrogens is 258 g/mol. The number of carboxylic acid groups (broad SMARTS) is 1.